The summed E-state index contributed by atoms with van der Waals surface area (Å²) in [5.74, 6) is 1.23. The molecule has 1 unspecified atom stereocenters. The van der Waals surface area contributed by atoms with E-state index in [0.29, 0.717) is 24.4 Å². The van der Waals surface area contributed by atoms with Crippen LogP contribution in [0.5, 0.6) is 0 Å². The molecule has 0 saturated carbocycles. The molecule has 0 bridgehead atoms. The monoisotopic (exact) mass is 320 g/mol. The highest BCUT2D eigenvalue weighted by Crippen LogP contribution is 2.15. The number of aryl methyl sites for hydroxylation is 2. The van der Waals surface area contributed by atoms with Crippen molar-refractivity contribution in [3.63, 3.8) is 0 Å². The minimum Gasteiger partial charge on any atom is -0.390 e. The Morgan fingerprint density at radius 2 is 2.17 bits per heavy atom. The van der Waals surface area contributed by atoms with Crippen molar-refractivity contribution < 1.29 is 9.90 Å². The van der Waals surface area contributed by atoms with E-state index in [1.54, 1.807) is 6.20 Å². The first-order valence-corrected chi connectivity index (χ1v) is 8.50. The van der Waals surface area contributed by atoms with Crippen LogP contribution in [-0.4, -0.2) is 58.2 Å². The van der Waals surface area contributed by atoms with Gasteiger partial charge >= 0.3 is 0 Å². The summed E-state index contributed by atoms with van der Waals surface area (Å²) in [4.78, 5) is 22.9. The minimum absolute atomic E-state index is 0.215. The summed E-state index contributed by atoms with van der Waals surface area (Å²) in [6, 6.07) is 0. The van der Waals surface area contributed by atoms with E-state index in [4.69, 9.17) is 0 Å². The Hall–Kier alpha value is -1.53. The minimum atomic E-state index is -0.552. The van der Waals surface area contributed by atoms with Crippen molar-refractivity contribution in [2.75, 3.05) is 26.2 Å². The molecule has 0 aromatic carbocycles. The Kier molecular flexibility index (Phi) is 6.47. The normalized spacial score (nSPS) is 17.9. The number of carbonyl (C=O) groups is 1. The number of likely N-dealkylation sites (tertiary alicyclic amines) is 1. The van der Waals surface area contributed by atoms with Gasteiger partial charge in [0.1, 0.15) is 5.82 Å². The van der Waals surface area contributed by atoms with Crippen LogP contribution >= 0.6 is 0 Å². The average molecular weight is 320 g/mol. The number of aliphatic hydroxyl groups excluding tert-OH is 1. The molecule has 1 aliphatic rings. The van der Waals surface area contributed by atoms with Crippen molar-refractivity contribution in [2.24, 2.45) is 5.92 Å². The second-order valence-corrected chi connectivity index (χ2v) is 6.48. The molecule has 1 aliphatic heterocycles. The Balaban J connectivity index is 1.82. The van der Waals surface area contributed by atoms with Gasteiger partial charge in [-0.05, 0) is 45.2 Å². The number of β-amino-alcohol motifs (C(OH)–C–C–N with tert-alkyl or cyclic N) is 1. The molecule has 2 rings (SSSR count). The summed E-state index contributed by atoms with van der Waals surface area (Å²) >= 11 is 0. The van der Waals surface area contributed by atoms with Crippen molar-refractivity contribution in [1.29, 1.82) is 0 Å². The molecule has 6 nitrogen and oxygen atoms in total. The topological polar surface area (TPSA) is 78.3 Å². The molecule has 0 spiro atoms. The molecule has 0 radical (unpaired) electrons. The van der Waals surface area contributed by atoms with Gasteiger partial charge in [-0.2, -0.15) is 0 Å². The molecule has 0 aliphatic carbocycles. The maximum absolute atomic E-state index is 12.3. The van der Waals surface area contributed by atoms with E-state index in [9.17, 15) is 9.90 Å². The van der Waals surface area contributed by atoms with Crippen molar-refractivity contribution in [1.82, 2.24) is 20.2 Å². The summed E-state index contributed by atoms with van der Waals surface area (Å²) in [7, 11) is 0. The standard InChI is InChI=1S/C17H28N4O2/c1-4-16-15(10-18-13(3)20-16)17(23)19-9-14(22)11-21-7-5-12(2)6-8-21/h10,12,14,22H,4-9,11H2,1-3H3,(H,19,23). The number of aliphatic hydroxyl groups is 1. The highest BCUT2D eigenvalue weighted by Gasteiger charge is 2.19. The third-order valence-corrected chi connectivity index (χ3v) is 4.41. The summed E-state index contributed by atoms with van der Waals surface area (Å²) in [5, 5.41) is 12.9. The van der Waals surface area contributed by atoms with Crippen LogP contribution in [0.15, 0.2) is 6.20 Å². The fraction of sp³-hybridized carbons (Fsp3) is 0.706. The number of aromatic nitrogens is 2. The Morgan fingerprint density at radius 3 is 2.83 bits per heavy atom. The van der Waals surface area contributed by atoms with Gasteiger partial charge in [-0.25, -0.2) is 9.97 Å². The molecular formula is C17H28N4O2. The van der Waals surface area contributed by atoms with Crippen LogP contribution in [0.25, 0.3) is 0 Å². The third kappa shape index (κ3) is 5.25. The molecule has 23 heavy (non-hydrogen) atoms. The lowest BCUT2D eigenvalue weighted by molar-refractivity contribution is 0.0794. The van der Waals surface area contributed by atoms with E-state index in [-0.39, 0.29) is 12.5 Å². The Morgan fingerprint density at radius 1 is 1.48 bits per heavy atom. The number of piperidine rings is 1. The zero-order valence-electron chi connectivity index (χ0n) is 14.4. The fourth-order valence-electron chi connectivity index (χ4n) is 2.89. The number of nitrogens with zero attached hydrogens (tertiary/aromatic N) is 3. The van der Waals surface area contributed by atoms with Crippen LogP contribution < -0.4 is 5.32 Å². The van der Waals surface area contributed by atoms with Crippen LogP contribution in [0, 0.1) is 12.8 Å². The van der Waals surface area contributed by atoms with E-state index in [2.05, 4.69) is 27.1 Å². The molecule has 1 fully saturated rings. The van der Waals surface area contributed by atoms with E-state index in [1.165, 1.54) is 12.8 Å². The molecule has 2 heterocycles. The van der Waals surface area contributed by atoms with Crippen molar-refractivity contribution in [3.05, 3.63) is 23.3 Å². The summed E-state index contributed by atoms with van der Waals surface area (Å²) in [6.07, 6.45) is 4.05. The molecule has 1 aromatic heterocycles. The van der Waals surface area contributed by atoms with Gasteiger partial charge in [0.25, 0.3) is 5.91 Å². The number of hydrogen-bond donors (Lipinski definition) is 2. The van der Waals surface area contributed by atoms with Gasteiger partial charge in [-0.15, -0.1) is 0 Å². The summed E-state index contributed by atoms with van der Waals surface area (Å²) < 4.78 is 0. The van der Waals surface area contributed by atoms with Gasteiger partial charge in [0.05, 0.1) is 17.4 Å². The smallest absolute Gasteiger partial charge is 0.254 e. The van der Waals surface area contributed by atoms with Crippen LogP contribution in [0.2, 0.25) is 0 Å². The van der Waals surface area contributed by atoms with E-state index in [0.717, 1.165) is 24.7 Å². The van der Waals surface area contributed by atoms with Gasteiger partial charge in [0.15, 0.2) is 0 Å². The molecule has 1 saturated heterocycles. The lowest BCUT2D eigenvalue weighted by Crippen LogP contribution is -2.43. The van der Waals surface area contributed by atoms with Crippen LogP contribution in [-0.2, 0) is 6.42 Å². The Labute approximate surface area is 138 Å². The summed E-state index contributed by atoms with van der Waals surface area (Å²) in [5.41, 5.74) is 1.24. The Bertz CT molecular complexity index is 527. The molecule has 1 amide bonds. The van der Waals surface area contributed by atoms with Crippen molar-refractivity contribution >= 4 is 5.91 Å². The van der Waals surface area contributed by atoms with Crippen LogP contribution in [0.1, 0.15) is 48.6 Å². The van der Waals surface area contributed by atoms with E-state index >= 15 is 0 Å². The maximum atomic E-state index is 12.3. The lowest BCUT2D eigenvalue weighted by atomic mass is 9.99. The zero-order valence-corrected chi connectivity index (χ0v) is 14.4. The average Bonchev–Trinajstić information content (AvgIpc) is 2.54. The number of rotatable bonds is 6. The second-order valence-electron chi connectivity index (χ2n) is 6.48. The van der Waals surface area contributed by atoms with Gasteiger partial charge in [-0.3, -0.25) is 4.79 Å². The highest BCUT2D eigenvalue weighted by atomic mass is 16.3. The van der Waals surface area contributed by atoms with Gasteiger partial charge in [0.2, 0.25) is 0 Å². The first kappa shape index (κ1) is 17.8. The van der Waals surface area contributed by atoms with Crippen LogP contribution in [0.3, 0.4) is 0 Å². The quantitative estimate of drug-likeness (QED) is 0.823. The molecular weight excluding hydrogens is 292 g/mol. The predicted molar refractivity (Wildman–Crippen MR) is 89.3 cm³/mol. The van der Waals surface area contributed by atoms with Crippen molar-refractivity contribution in [3.8, 4) is 0 Å². The molecule has 6 heteroatoms. The van der Waals surface area contributed by atoms with Gasteiger partial charge in [-0.1, -0.05) is 13.8 Å². The van der Waals surface area contributed by atoms with Crippen molar-refractivity contribution in [2.45, 2.75) is 46.1 Å². The predicted octanol–water partition coefficient (Wildman–Crippen LogP) is 1.17. The van der Waals surface area contributed by atoms with Crippen LogP contribution in [0.4, 0.5) is 0 Å². The molecule has 2 N–H and O–H groups in total. The zero-order chi connectivity index (χ0) is 16.8. The van der Waals surface area contributed by atoms with E-state index in [1.807, 2.05) is 13.8 Å². The molecule has 128 valence electrons. The van der Waals surface area contributed by atoms with E-state index < -0.39 is 6.10 Å². The molecule has 1 aromatic rings. The van der Waals surface area contributed by atoms with Gasteiger partial charge < -0.3 is 15.3 Å². The summed E-state index contributed by atoms with van der Waals surface area (Å²) in [6.45, 7) is 8.95. The largest absolute Gasteiger partial charge is 0.390 e. The SMILES string of the molecule is CCc1nc(C)ncc1C(=O)NCC(O)CN1CCC(C)CC1. The maximum Gasteiger partial charge on any atom is 0.254 e. The highest BCUT2D eigenvalue weighted by molar-refractivity contribution is 5.94. The lowest BCUT2D eigenvalue weighted by Gasteiger charge is -2.31. The number of nitrogens with one attached hydrogen (secondary N) is 1. The third-order valence-electron chi connectivity index (χ3n) is 4.41. The fourth-order valence-corrected chi connectivity index (χ4v) is 2.89. The molecule has 1 atom stereocenters. The first-order valence-electron chi connectivity index (χ1n) is 8.50. The van der Waals surface area contributed by atoms with Gasteiger partial charge in [0, 0.05) is 19.3 Å². The number of amides is 1. The number of carbonyl (C=O) groups excluding carboxylic acids is 1. The first-order chi connectivity index (χ1) is 11.0. The second kappa shape index (κ2) is 8.36. The number of hydrogen-bond acceptors (Lipinski definition) is 5.